The van der Waals surface area contributed by atoms with Gasteiger partial charge in [0.05, 0.1) is 0 Å². The van der Waals surface area contributed by atoms with Crippen molar-refractivity contribution in [1.29, 1.82) is 0 Å². The highest BCUT2D eigenvalue weighted by Gasteiger charge is 2.27. The standard InChI is InChI=1S/C17H24N2O/c1-19(12-13-6-2-3-7-13)17(20)16-11-10-14-8-4-5-9-15(14)18-16/h4-5,8-9,13,16,18H,2-3,6-7,10-12H2,1H3. The Morgan fingerprint density at radius 3 is 2.80 bits per heavy atom. The lowest BCUT2D eigenvalue weighted by Gasteiger charge is -2.30. The first-order valence-electron chi connectivity index (χ1n) is 7.83. The molecule has 3 heteroatoms. The van der Waals surface area contributed by atoms with Crippen LogP contribution in [0.15, 0.2) is 24.3 Å². The molecule has 3 rings (SSSR count). The fourth-order valence-corrected chi connectivity index (χ4v) is 3.56. The van der Waals surface area contributed by atoms with Gasteiger partial charge in [0.15, 0.2) is 0 Å². The zero-order valence-corrected chi connectivity index (χ0v) is 12.3. The second-order valence-corrected chi connectivity index (χ2v) is 6.26. The summed E-state index contributed by atoms with van der Waals surface area (Å²) in [6, 6.07) is 8.27. The molecule has 3 nitrogen and oxygen atoms in total. The smallest absolute Gasteiger partial charge is 0.244 e. The minimum Gasteiger partial charge on any atom is -0.373 e. The molecule has 1 aromatic rings. The van der Waals surface area contributed by atoms with Gasteiger partial charge >= 0.3 is 0 Å². The van der Waals surface area contributed by atoms with Crippen molar-refractivity contribution in [1.82, 2.24) is 4.90 Å². The average Bonchev–Trinajstić information content (AvgIpc) is 2.99. The number of rotatable bonds is 3. The van der Waals surface area contributed by atoms with Crippen LogP contribution >= 0.6 is 0 Å². The van der Waals surface area contributed by atoms with Gasteiger partial charge in [0.25, 0.3) is 0 Å². The predicted octanol–water partition coefficient (Wildman–Crippen LogP) is 3.06. The number of nitrogens with one attached hydrogen (secondary N) is 1. The Morgan fingerprint density at radius 1 is 1.25 bits per heavy atom. The van der Waals surface area contributed by atoms with E-state index in [1.807, 2.05) is 18.0 Å². The highest BCUT2D eigenvalue weighted by Crippen LogP contribution is 2.27. The van der Waals surface area contributed by atoms with E-state index in [1.165, 1.54) is 31.2 Å². The minimum atomic E-state index is -0.0451. The van der Waals surface area contributed by atoms with Crippen molar-refractivity contribution in [3.05, 3.63) is 29.8 Å². The van der Waals surface area contributed by atoms with E-state index >= 15 is 0 Å². The molecule has 108 valence electrons. The van der Waals surface area contributed by atoms with Crippen molar-refractivity contribution in [3.63, 3.8) is 0 Å². The van der Waals surface area contributed by atoms with E-state index in [2.05, 4.69) is 23.5 Å². The Hall–Kier alpha value is -1.51. The van der Waals surface area contributed by atoms with Gasteiger partial charge in [0, 0.05) is 19.3 Å². The third-order valence-electron chi connectivity index (χ3n) is 4.73. The molecular weight excluding hydrogens is 248 g/mol. The molecule has 1 N–H and O–H groups in total. The van der Waals surface area contributed by atoms with E-state index in [9.17, 15) is 4.79 Å². The van der Waals surface area contributed by atoms with E-state index in [-0.39, 0.29) is 11.9 Å². The lowest BCUT2D eigenvalue weighted by atomic mass is 9.97. The third-order valence-corrected chi connectivity index (χ3v) is 4.73. The van der Waals surface area contributed by atoms with Crippen molar-refractivity contribution in [2.24, 2.45) is 5.92 Å². The van der Waals surface area contributed by atoms with Gasteiger partial charge in [-0.15, -0.1) is 0 Å². The summed E-state index contributed by atoms with van der Waals surface area (Å²) in [7, 11) is 1.96. The maximum atomic E-state index is 12.6. The third kappa shape index (κ3) is 2.82. The second-order valence-electron chi connectivity index (χ2n) is 6.26. The maximum Gasteiger partial charge on any atom is 0.244 e. The monoisotopic (exact) mass is 272 g/mol. The second kappa shape index (κ2) is 5.86. The summed E-state index contributed by atoms with van der Waals surface area (Å²) in [5.41, 5.74) is 2.46. The molecule has 0 saturated heterocycles. The molecule has 2 aliphatic rings. The quantitative estimate of drug-likeness (QED) is 0.917. The van der Waals surface area contributed by atoms with Crippen LogP contribution in [0.1, 0.15) is 37.7 Å². The number of hydrogen-bond acceptors (Lipinski definition) is 2. The van der Waals surface area contributed by atoms with Crippen molar-refractivity contribution in [2.45, 2.75) is 44.6 Å². The Kier molecular flexibility index (Phi) is 3.95. The van der Waals surface area contributed by atoms with Gasteiger partial charge in [0.2, 0.25) is 5.91 Å². The largest absolute Gasteiger partial charge is 0.373 e. The minimum absolute atomic E-state index is 0.0451. The number of carbonyl (C=O) groups excluding carboxylic acids is 1. The van der Waals surface area contributed by atoms with Crippen molar-refractivity contribution in [2.75, 3.05) is 18.9 Å². The molecule has 20 heavy (non-hydrogen) atoms. The summed E-state index contributed by atoms with van der Waals surface area (Å²) in [4.78, 5) is 14.5. The number of anilines is 1. The van der Waals surface area contributed by atoms with Crippen LogP contribution in [0, 0.1) is 5.92 Å². The number of likely N-dealkylation sites (N-methyl/N-ethyl adjacent to an activating group) is 1. The SMILES string of the molecule is CN(CC1CCCC1)C(=O)C1CCc2ccccc2N1. The predicted molar refractivity (Wildman–Crippen MR) is 81.8 cm³/mol. The number of carbonyl (C=O) groups is 1. The molecule has 1 fully saturated rings. The first-order chi connectivity index (χ1) is 9.74. The Balaban J connectivity index is 1.60. The number of aryl methyl sites for hydroxylation is 1. The Labute approximate surface area is 121 Å². The van der Waals surface area contributed by atoms with E-state index in [0.717, 1.165) is 31.0 Å². The molecule has 1 aliphatic carbocycles. The molecular formula is C17H24N2O. The molecule has 1 atom stereocenters. The van der Waals surface area contributed by atoms with E-state index < -0.39 is 0 Å². The zero-order valence-electron chi connectivity index (χ0n) is 12.3. The molecule has 1 aromatic carbocycles. The molecule has 1 unspecified atom stereocenters. The molecule has 0 radical (unpaired) electrons. The summed E-state index contributed by atoms with van der Waals surface area (Å²) in [5, 5.41) is 3.41. The van der Waals surface area contributed by atoms with Crippen LogP contribution in [-0.4, -0.2) is 30.4 Å². The molecule has 1 aliphatic heterocycles. The van der Waals surface area contributed by atoms with Crippen LogP contribution in [0.4, 0.5) is 5.69 Å². The summed E-state index contributed by atoms with van der Waals surface area (Å²) in [6.45, 7) is 0.929. The van der Waals surface area contributed by atoms with Crippen LogP contribution in [0.25, 0.3) is 0 Å². The number of para-hydroxylation sites is 1. The molecule has 1 amide bonds. The van der Waals surface area contributed by atoms with Crippen molar-refractivity contribution in [3.8, 4) is 0 Å². The van der Waals surface area contributed by atoms with Gasteiger partial charge in [-0.1, -0.05) is 31.0 Å². The molecule has 0 bridgehead atoms. The zero-order chi connectivity index (χ0) is 13.9. The number of amides is 1. The molecule has 0 aromatic heterocycles. The number of nitrogens with zero attached hydrogens (tertiary/aromatic N) is 1. The van der Waals surface area contributed by atoms with Gasteiger partial charge in [-0.05, 0) is 43.2 Å². The number of benzene rings is 1. The van der Waals surface area contributed by atoms with Gasteiger partial charge < -0.3 is 10.2 Å². The van der Waals surface area contributed by atoms with Crippen LogP contribution < -0.4 is 5.32 Å². The van der Waals surface area contributed by atoms with Crippen molar-refractivity contribution >= 4 is 11.6 Å². The highest BCUT2D eigenvalue weighted by molar-refractivity contribution is 5.85. The van der Waals surface area contributed by atoms with Crippen LogP contribution in [-0.2, 0) is 11.2 Å². The highest BCUT2D eigenvalue weighted by atomic mass is 16.2. The number of fused-ring (bicyclic) bond motifs is 1. The summed E-state index contributed by atoms with van der Waals surface area (Å²) in [5.74, 6) is 0.978. The molecule has 1 saturated carbocycles. The van der Waals surface area contributed by atoms with Gasteiger partial charge in [0.1, 0.15) is 6.04 Å². The summed E-state index contributed by atoms with van der Waals surface area (Å²) in [6.07, 6.45) is 7.16. The first-order valence-corrected chi connectivity index (χ1v) is 7.83. The lowest BCUT2D eigenvalue weighted by molar-refractivity contribution is -0.131. The molecule has 0 spiro atoms. The van der Waals surface area contributed by atoms with Crippen LogP contribution in [0.5, 0.6) is 0 Å². The molecule has 1 heterocycles. The van der Waals surface area contributed by atoms with E-state index in [4.69, 9.17) is 0 Å². The van der Waals surface area contributed by atoms with Crippen LogP contribution in [0.2, 0.25) is 0 Å². The first kappa shape index (κ1) is 13.5. The number of hydrogen-bond donors (Lipinski definition) is 1. The Bertz CT molecular complexity index is 480. The average molecular weight is 272 g/mol. The van der Waals surface area contributed by atoms with Crippen molar-refractivity contribution < 1.29 is 4.79 Å². The topological polar surface area (TPSA) is 32.3 Å². The van der Waals surface area contributed by atoms with Gasteiger partial charge in [-0.25, -0.2) is 0 Å². The van der Waals surface area contributed by atoms with E-state index in [0.29, 0.717) is 0 Å². The van der Waals surface area contributed by atoms with Gasteiger partial charge in [-0.3, -0.25) is 4.79 Å². The van der Waals surface area contributed by atoms with Gasteiger partial charge in [-0.2, -0.15) is 0 Å². The Morgan fingerprint density at radius 2 is 2.00 bits per heavy atom. The van der Waals surface area contributed by atoms with Crippen LogP contribution in [0.3, 0.4) is 0 Å². The summed E-state index contributed by atoms with van der Waals surface area (Å²) < 4.78 is 0. The lowest BCUT2D eigenvalue weighted by Crippen LogP contribution is -2.44. The fourth-order valence-electron chi connectivity index (χ4n) is 3.56. The summed E-state index contributed by atoms with van der Waals surface area (Å²) >= 11 is 0. The maximum absolute atomic E-state index is 12.6. The normalized spacial score (nSPS) is 22.1. The van der Waals surface area contributed by atoms with E-state index in [1.54, 1.807) is 0 Å². The fraction of sp³-hybridized carbons (Fsp3) is 0.588.